The third-order valence-electron chi connectivity index (χ3n) is 4.40. The van der Waals surface area contributed by atoms with Crippen molar-refractivity contribution in [2.45, 2.75) is 13.8 Å². The van der Waals surface area contributed by atoms with Crippen LogP contribution in [0, 0.1) is 13.8 Å². The molecule has 140 valence electrons. The summed E-state index contributed by atoms with van der Waals surface area (Å²) in [7, 11) is 0. The third kappa shape index (κ3) is 3.65. The van der Waals surface area contributed by atoms with Gasteiger partial charge in [-0.15, -0.1) is 11.8 Å². The lowest BCUT2D eigenvalue weighted by molar-refractivity contribution is -0.119. The van der Waals surface area contributed by atoms with Crippen LogP contribution in [-0.2, 0) is 9.59 Å². The quantitative estimate of drug-likeness (QED) is 0.715. The Morgan fingerprint density at radius 1 is 1.07 bits per heavy atom. The van der Waals surface area contributed by atoms with Gasteiger partial charge in [-0.3, -0.25) is 9.59 Å². The minimum Gasteiger partial charge on any atom is -0.396 e. The van der Waals surface area contributed by atoms with Gasteiger partial charge >= 0.3 is 0 Å². The minimum absolute atomic E-state index is 0.110. The molecule has 0 aliphatic carbocycles. The van der Waals surface area contributed by atoms with Crippen molar-refractivity contribution < 1.29 is 14.7 Å². The lowest BCUT2D eigenvalue weighted by Gasteiger charge is -2.19. The molecule has 1 N–H and O–H groups in total. The van der Waals surface area contributed by atoms with E-state index >= 15 is 0 Å². The zero-order valence-electron chi connectivity index (χ0n) is 14.8. The highest BCUT2D eigenvalue weighted by atomic mass is 35.5. The van der Waals surface area contributed by atoms with Gasteiger partial charge in [-0.25, -0.2) is 4.90 Å². The number of anilines is 1. The second-order valence-corrected chi connectivity index (χ2v) is 8.01. The number of thioether (sulfide) groups is 1. The maximum Gasteiger partial charge on any atom is 0.272 e. The minimum atomic E-state index is -0.432. The molecule has 0 spiro atoms. The summed E-state index contributed by atoms with van der Waals surface area (Å²) < 4.78 is 0. The summed E-state index contributed by atoms with van der Waals surface area (Å²) in [6.07, 6.45) is 0. The van der Waals surface area contributed by atoms with Crippen LogP contribution in [0.2, 0.25) is 10.0 Å². The van der Waals surface area contributed by atoms with Crippen LogP contribution in [0.1, 0.15) is 16.7 Å². The maximum absolute atomic E-state index is 13.3. The van der Waals surface area contributed by atoms with Crippen molar-refractivity contribution in [1.29, 1.82) is 0 Å². The van der Waals surface area contributed by atoms with E-state index in [0.29, 0.717) is 27.0 Å². The molecule has 0 aromatic heterocycles. The third-order valence-corrected chi connectivity index (χ3v) is 6.00. The Balaban J connectivity index is 2.16. The van der Waals surface area contributed by atoms with E-state index in [9.17, 15) is 14.7 Å². The summed E-state index contributed by atoms with van der Waals surface area (Å²) in [4.78, 5) is 27.9. The van der Waals surface area contributed by atoms with E-state index in [2.05, 4.69) is 0 Å². The van der Waals surface area contributed by atoms with Crippen molar-refractivity contribution in [2.24, 2.45) is 0 Å². The lowest BCUT2D eigenvalue weighted by atomic mass is 10.1. The van der Waals surface area contributed by atoms with E-state index in [1.807, 2.05) is 26.0 Å². The van der Waals surface area contributed by atoms with Crippen LogP contribution in [0.15, 0.2) is 41.3 Å². The largest absolute Gasteiger partial charge is 0.396 e. The Labute approximate surface area is 171 Å². The second kappa shape index (κ2) is 8.07. The average molecular weight is 422 g/mol. The maximum atomic E-state index is 13.3. The van der Waals surface area contributed by atoms with Crippen LogP contribution in [0.25, 0.3) is 5.57 Å². The zero-order chi connectivity index (χ0) is 19.7. The Morgan fingerprint density at radius 3 is 2.48 bits per heavy atom. The first kappa shape index (κ1) is 20.0. The summed E-state index contributed by atoms with van der Waals surface area (Å²) in [5.41, 5.74) is 3.07. The van der Waals surface area contributed by atoms with Crippen LogP contribution in [0.3, 0.4) is 0 Å². The molecule has 1 heterocycles. The highest BCUT2D eigenvalue weighted by molar-refractivity contribution is 8.04. The fourth-order valence-corrected chi connectivity index (χ4v) is 4.27. The lowest BCUT2D eigenvalue weighted by Crippen LogP contribution is -2.32. The van der Waals surface area contributed by atoms with Crippen LogP contribution < -0.4 is 4.90 Å². The molecular weight excluding hydrogens is 405 g/mol. The van der Waals surface area contributed by atoms with Gasteiger partial charge in [0, 0.05) is 16.3 Å². The van der Waals surface area contributed by atoms with E-state index in [1.54, 1.807) is 18.2 Å². The van der Waals surface area contributed by atoms with Gasteiger partial charge in [0.1, 0.15) is 0 Å². The van der Waals surface area contributed by atoms with E-state index < -0.39 is 11.8 Å². The first-order valence-electron chi connectivity index (χ1n) is 8.25. The van der Waals surface area contributed by atoms with E-state index in [4.69, 9.17) is 23.2 Å². The predicted octanol–water partition coefficient (Wildman–Crippen LogP) is 4.62. The first-order chi connectivity index (χ1) is 12.9. The standard InChI is InChI=1S/C20H17Cl2NO3S/c1-11-4-3-5-16(12(11)2)23-19(25)17(18(20(23)26)27-9-8-24)14-7-6-13(21)10-15(14)22/h3-7,10,24H,8-9H2,1-2H3. The topological polar surface area (TPSA) is 57.6 Å². The molecule has 2 aromatic carbocycles. The normalized spacial score (nSPS) is 14.5. The van der Waals surface area contributed by atoms with Crippen LogP contribution in [0.4, 0.5) is 5.69 Å². The second-order valence-electron chi connectivity index (χ2n) is 6.07. The molecule has 2 aromatic rings. The number of carbonyl (C=O) groups excluding carboxylic acids is 2. The fraction of sp³-hybridized carbons (Fsp3) is 0.200. The number of benzene rings is 2. The number of imide groups is 1. The SMILES string of the molecule is Cc1cccc(N2C(=O)C(SCCO)=C(c3ccc(Cl)cc3Cl)C2=O)c1C. The van der Waals surface area contributed by atoms with Gasteiger partial charge < -0.3 is 5.11 Å². The van der Waals surface area contributed by atoms with Gasteiger partial charge in [0.25, 0.3) is 11.8 Å². The molecule has 0 bridgehead atoms. The van der Waals surface area contributed by atoms with Gasteiger partial charge in [-0.1, -0.05) is 41.4 Å². The summed E-state index contributed by atoms with van der Waals surface area (Å²) in [6.45, 7) is 3.69. The number of amides is 2. The van der Waals surface area contributed by atoms with E-state index in [0.717, 1.165) is 22.9 Å². The van der Waals surface area contributed by atoms with Crippen molar-refractivity contribution in [2.75, 3.05) is 17.3 Å². The molecule has 0 unspecified atom stereocenters. The molecule has 27 heavy (non-hydrogen) atoms. The van der Waals surface area contributed by atoms with Crippen molar-refractivity contribution in [3.63, 3.8) is 0 Å². The highest BCUT2D eigenvalue weighted by Crippen LogP contribution is 2.41. The Morgan fingerprint density at radius 2 is 1.81 bits per heavy atom. The molecule has 7 heteroatoms. The number of aliphatic hydroxyl groups excluding tert-OH is 1. The molecule has 2 amide bonds. The molecular formula is C20H17Cl2NO3S. The van der Waals surface area contributed by atoms with Gasteiger partial charge in [-0.2, -0.15) is 0 Å². The van der Waals surface area contributed by atoms with Crippen molar-refractivity contribution in [3.05, 3.63) is 68.0 Å². The molecule has 0 saturated heterocycles. The monoisotopic (exact) mass is 421 g/mol. The Bertz CT molecular complexity index is 972. The smallest absolute Gasteiger partial charge is 0.272 e. The number of rotatable bonds is 5. The van der Waals surface area contributed by atoms with E-state index in [-0.39, 0.29) is 17.1 Å². The molecule has 4 nitrogen and oxygen atoms in total. The summed E-state index contributed by atoms with van der Waals surface area (Å²) in [6, 6.07) is 10.3. The van der Waals surface area contributed by atoms with Crippen molar-refractivity contribution in [3.8, 4) is 0 Å². The zero-order valence-corrected chi connectivity index (χ0v) is 17.1. The molecule has 0 radical (unpaired) electrons. The molecule has 0 fully saturated rings. The molecule has 3 rings (SSSR count). The summed E-state index contributed by atoms with van der Waals surface area (Å²) in [5.74, 6) is -0.546. The van der Waals surface area contributed by atoms with Crippen molar-refractivity contribution in [1.82, 2.24) is 0 Å². The van der Waals surface area contributed by atoms with Crippen LogP contribution in [-0.4, -0.2) is 29.3 Å². The van der Waals surface area contributed by atoms with Crippen LogP contribution >= 0.6 is 35.0 Å². The Kier molecular flexibility index (Phi) is 5.96. The fourth-order valence-electron chi connectivity index (χ4n) is 2.92. The number of aliphatic hydroxyl groups is 1. The number of hydrogen-bond donors (Lipinski definition) is 1. The Hall–Kier alpha value is -1.79. The molecule has 1 aliphatic heterocycles. The summed E-state index contributed by atoms with van der Waals surface area (Å²) in [5, 5.41) is 9.93. The van der Waals surface area contributed by atoms with Gasteiger partial charge in [0.15, 0.2) is 0 Å². The number of aryl methyl sites for hydroxylation is 1. The first-order valence-corrected chi connectivity index (χ1v) is 9.99. The number of hydrogen-bond acceptors (Lipinski definition) is 4. The van der Waals surface area contributed by atoms with Gasteiger partial charge in [0.2, 0.25) is 0 Å². The van der Waals surface area contributed by atoms with Gasteiger partial charge in [0.05, 0.1) is 27.8 Å². The van der Waals surface area contributed by atoms with E-state index in [1.165, 1.54) is 11.0 Å². The molecule has 0 atom stereocenters. The van der Waals surface area contributed by atoms with Crippen LogP contribution in [0.5, 0.6) is 0 Å². The number of carbonyl (C=O) groups is 2. The summed E-state index contributed by atoms with van der Waals surface area (Å²) >= 11 is 13.4. The van der Waals surface area contributed by atoms with Crippen molar-refractivity contribution >= 4 is 58.0 Å². The highest BCUT2D eigenvalue weighted by Gasteiger charge is 2.41. The molecule has 1 aliphatic rings. The number of nitrogens with zero attached hydrogens (tertiary/aromatic N) is 1. The predicted molar refractivity (Wildman–Crippen MR) is 111 cm³/mol. The number of halogens is 2. The van der Waals surface area contributed by atoms with Gasteiger partial charge in [-0.05, 0) is 43.2 Å². The molecule has 0 saturated carbocycles. The average Bonchev–Trinajstić information content (AvgIpc) is 2.86.